The lowest BCUT2D eigenvalue weighted by Crippen LogP contribution is -2.02. The van der Waals surface area contributed by atoms with Gasteiger partial charge < -0.3 is 5.73 Å². The average Bonchev–Trinajstić information content (AvgIpc) is 2.31. The second-order valence-corrected chi connectivity index (χ2v) is 4.53. The van der Waals surface area contributed by atoms with E-state index in [1.54, 1.807) is 18.2 Å². The van der Waals surface area contributed by atoms with E-state index in [0.717, 1.165) is 11.4 Å². The van der Waals surface area contributed by atoms with Gasteiger partial charge in [-0.1, -0.05) is 12.1 Å². The van der Waals surface area contributed by atoms with E-state index >= 15 is 0 Å². The van der Waals surface area contributed by atoms with Crippen LogP contribution in [0.5, 0.6) is 0 Å². The molecule has 3 nitrogen and oxygen atoms in total. The first-order valence-electron chi connectivity index (χ1n) is 5.16. The summed E-state index contributed by atoms with van der Waals surface area (Å²) < 4.78 is 13.5. The molecule has 2 N–H and O–H groups in total. The molecule has 1 aromatic carbocycles. The SMILES string of the molecule is Cc1cc(CN)nc(Sc2ccccc2F)n1. The number of halogens is 1. The van der Waals surface area contributed by atoms with E-state index < -0.39 is 0 Å². The molecular formula is C12H12FN3S. The molecule has 0 aliphatic heterocycles. The molecule has 0 unspecified atom stereocenters. The fourth-order valence-electron chi connectivity index (χ4n) is 1.38. The Bertz CT molecular complexity index is 531. The molecule has 0 aliphatic carbocycles. The van der Waals surface area contributed by atoms with Gasteiger partial charge in [-0.25, -0.2) is 14.4 Å². The molecule has 2 aromatic rings. The van der Waals surface area contributed by atoms with Gasteiger partial charge in [0.1, 0.15) is 5.82 Å². The van der Waals surface area contributed by atoms with Gasteiger partial charge in [0.2, 0.25) is 0 Å². The maximum absolute atomic E-state index is 13.5. The zero-order chi connectivity index (χ0) is 12.3. The molecule has 0 aliphatic rings. The van der Waals surface area contributed by atoms with Crippen molar-refractivity contribution in [2.75, 3.05) is 0 Å². The molecule has 0 saturated heterocycles. The third-order valence-electron chi connectivity index (χ3n) is 2.13. The number of rotatable bonds is 3. The van der Waals surface area contributed by atoms with Crippen LogP contribution in [0.1, 0.15) is 11.4 Å². The molecule has 0 atom stereocenters. The highest BCUT2D eigenvalue weighted by Crippen LogP contribution is 2.27. The van der Waals surface area contributed by atoms with E-state index in [4.69, 9.17) is 5.73 Å². The fourth-order valence-corrected chi connectivity index (χ4v) is 2.24. The van der Waals surface area contributed by atoms with Gasteiger partial charge in [-0.2, -0.15) is 0 Å². The van der Waals surface area contributed by atoms with Crippen molar-refractivity contribution in [3.63, 3.8) is 0 Å². The Hall–Kier alpha value is -1.46. The van der Waals surface area contributed by atoms with E-state index in [2.05, 4.69) is 9.97 Å². The van der Waals surface area contributed by atoms with Gasteiger partial charge in [0.05, 0.1) is 10.6 Å². The quantitative estimate of drug-likeness (QED) is 0.849. The zero-order valence-electron chi connectivity index (χ0n) is 9.35. The summed E-state index contributed by atoms with van der Waals surface area (Å²) in [5, 5.41) is 0.524. The van der Waals surface area contributed by atoms with Crippen LogP contribution in [0.2, 0.25) is 0 Å². The molecule has 88 valence electrons. The third kappa shape index (κ3) is 3.01. The summed E-state index contributed by atoms with van der Waals surface area (Å²) in [6, 6.07) is 8.38. The minimum Gasteiger partial charge on any atom is -0.325 e. The Morgan fingerprint density at radius 1 is 1.29 bits per heavy atom. The molecule has 0 saturated carbocycles. The van der Waals surface area contributed by atoms with Gasteiger partial charge >= 0.3 is 0 Å². The maximum Gasteiger partial charge on any atom is 0.193 e. The lowest BCUT2D eigenvalue weighted by Gasteiger charge is -2.04. The molecule has 0 radical (unpaired) electrons. The number of benzene rings is 1. The molecule has 2 rings (SSSR count). The number of hydrogen-bond acceptors (Lipinski definition) is 4. The molecule has 1 heterocycles. The van der Waals surface area contributed by atoms with Gasteiger partial charge in [0.15, 0.2) is 5.16 Å². The summed E-state index contributed by atoms with van der Waals surface area (Å²) in [6.07, 6.45) is 0. The van der Waals surface area contributed by atoms with Crippen molar-refractivity contribution in [3.8, 4) is 0 Å². The standard InChI is InChI=1S/C12H12FN3S/c1-8-6-9(7-14)16-12(15-8)17-11-5-3-2-4-10(11)13/h2-6H,7,14H2,1H3. The zero-order valence-corrected chi connectivity index (χ0v) is 10.2. The monoisotopic (exact) mass is 249 g/mol. The number of nitrogens with zero attached hydrogens (tertiary/aromatic N) is 2. The highest BCUT2D eigenvalue weighted by Gasteiger charge is 2.07. The lowest BCUT2D eigenvalue weighted by atomic mass is 10.3. The lowest BCUT2D eigenvalue weighted by molar-refractivity contribution is 0.601. The van der Waals surface area contributed by atoms with Crippen molar-refractivity contribution in [2.24, 2.45) is 5.73 Å². The summed E-state index contributed by atoms with van der Waals surface area (Å²) in [5.74, 6) is -0.267. The Kier molecular flexibility index (Phi) is 3.71. The van der Waals surface area contributed by atoms with Crippen molar-refractivity contribution in [1.29, 1.82) is 0 Å². The molecule has 0 spiro atoms. The van der Waals surface area contributed by atoms with Gasteiger partial charge in [0, 0.05) is 12.2 Å². The number of aromatic nitrogens is 2. The number of hydrogen-bond donors (Lipinski definition) is 1. The largest absolute Gasteiger partial charge is 0.325 e. The van der Waals surface area contributed by atoms with Crippen molar-refractivity contribution >= 4 is 11.8 Å². The first-order chi connectivity index (χ1) is 8.19. The van der Waals surface area contributed by atoms with Crippen LogP contribution in [0.15, 0.2) is 40.4 Å². The van der Waals surface area contributed by atoms with Gasteiger partial charge in [0.25, 0.3) is 0 Å². The predicted molar refractivity (Wildman–Crippen MR) is 65.2 cm³/mol. The maximum atomic E-state index is 13.5. The van der Waals surface area contributed by atoms with Crippen molar-refractivity contribution in [2.45, 2.75) is 23.5 Å². The minimum absolute atomic E-state index is 0.267. The minimum atomic E-state index is -0.267. The third-order valence-corrected chi connectivity index (χ3v) is 3.05. The van der Waals surface area contributed by atoms with Crippen LogP contribution in [0.25, 0.3) is 0 Å². The van der Waals surface area contributed by atoms with E-state index in [0.29, 0.717) is 16.6 Å². The van der Waals surface area contributed by atoms with E-state index in [1.807, 2.05) is 13.0 Å². The Balaban J connectivity index is 2.30. The van der Waals surface area contributed by atoms with Crippen LogP contribution in [-0.2, 0) is 6.54 Å². The van der Waals surface area contributed by atoms with Crippen LogP contribution in [-0.4, -0.2) is 9.97 Å². The second-order valence-electron chi connectivity index (χ2n) is 3.52. The molecule has 0 bridgehead atoms. The van der Waals surface area contributed by atoms with Crippen LogP contribution in [0.3, 0.4) is 0 Å². The van der Waals surface area contributed by atoms with Crippen molar-refractivity contribution in [1.82, 2.24) is 9.97 Å². The molecular weight excluding hydrogens is 237 g/mol. The van der Waals surface area contributed by atoms with Crippen LogP contribution < -0.4 is 5.73 Å². The second kappa shape index (κ2) is 5.25. The summed E-state index contributed by atoms with van der Waals surface area (Å²) >= 11 is 1.21. The summed E-state index contributed by atoms with van der Waals surface area (Å²) in [5.41, 5.74) is 7.13. The topological polar surface area (TPSA) is 51.8 Å². The number of nitrogens with two attached hydrogens (primary N) is 1. The molecule has 1 aromatic heterocycles. The Labute approximate surface area is 103 Å². The summed E-state index contributed by atoms with van der Waals surface area (Å²) in [4.78, 5) is 9.01. The highest BCUT2D eigenvalue weighted by atomic mass is 32.2. The Morgan fingerprint density at radius 3 is 2.76 bits per heavy atom. The van der Waals surface area contributed by atoms with Gasteiger partial charge in [-0.05, 0) is 36.9 Å². The van der Waals surface area contributed by atoms with E-state index in [-0.39, 0.29) is 5.82 Å². The smallest absolute Gasteiger partial charge is 0.193 e. The predicted octanol–water partition coefficient (Wildman–Crippen LogP) is 2.53. The number of aryl methyl sites for hydroxylation is 1. The van der Waals surface area contributed by atoms with Gasteiger partial charge in [-0.15, -0.1) is 0 Å². The molecule has 5 heteroatoms. The summed E-state index contributed by atoms with van der Waals surface area (Å²) in [6.45, 7) is 2.22. The first kappa shape index (κ1) is 12.0. The van der Waals surface area contributed by atoms with Crippen molar-refractivity contribution < 1.29 is 4.39 Å². The highest BCUT2D eigenvalue weighted by molar-refractivity contribution is 7.99. The summed E-state index contributed by atoms with van der Waals surface area (Å²) in [7, 11) is 0. The van der Waals surface area contributed by atoms with Crippen LogP contribution in [0.4, 0.5) is 4.39 Å². The van der Waals surface area contributed by atoms with Gasteiger partial charge in [-0.3, -0.25) is 0 Å². The Morgan fingerprint density at radius 2 is 2.06 bits per heavy atom. The van der Waals surface area contributed by atoms with E-state index in [1.165, 1.54) is 17.8 Å². The van der Waals surface area contributed by atoms with E-state index in [9.17, 15) is 4.39 Å². The fraction of sp³-hybridized carbons (Fsp3) is 0.167. The molecule has 0 amide bonds. The normalized spacial score (nSPS) is 10.5. The van der Waals surface area contributed by atoms with Crippen LogP contribution in [0, 0.1) is 12.7 Å². The molecule has 17 heavy (non-hydrogen) atoms. The van der Waals surface area contributed by atoms with Crippen molar-refractivity contribution in [3.05, 3.63) is 47.5 Å². The molecule has 0 fully saturated rings. The van der Waals surface area contributed by atoms with Crippen LogP contribution >= 0.6 is 11.8 Å². The average molecular weight is 249 g/mol. The first-order valence-corrected chi connectivity index (χ1v) is 5.97.